The molecule has 0 saturated heterocycles. The number of nitrogens with two attached hydrogens (primary N) is 1. The second-order valence-electron chi connectivity index (χ2n) is 3.22. The Morgan fingerprint density at radius 2 is 2.21 bits per heavy atom. The second-order valence-corrected chi connectivity index (χ2v) is 3.22. The van der Waals surface area contributed by atoms with Gasteiger partial charge in [-0.05, 0) is 25.5 Å². The molecule has 74 valence electrons. The Morgan fingerprint density at radius 1 is 1.43 bits per heavy atom. The third-order valence-electron chi connectivity index (χ3n) is 2.00. The van der Waals surface area contributed by atoms with E-state index >= 15 is 0 Å². The zero-order valence-electron chi connectivity index (χ0n) is 8.16. The molecule has 0 aliphatic heterocycles. The van der Waals surface area contributed by atoms with Crippen molar-refractivity contribution in [1.29, 1.82) is 0 Å². The molecule has 0 radical (unpaired) electrons. The van der Waals surface area contributed by atoms with Gasteiger partial charge in [0.05, 0.1) is 6.54 Å². The van der Waals surface area contributed by atoms with E-state index in [1.165, 1.54) is 0 Å². The van der Waals surface area contributed by atoms with Gasteiger partial charge in [0.25, 0.3) is 5.89 Å². The van der Waals surface area contributed by atoms with Gasteiger partial charge in [-0.2, -0.15) is 0 Å². The fraction of sp³-hybridized carbons (Fsp3) is 0.333. The van der Waals surface area contributed by atoms with Crippen LogP contribution < -0.4 is 5.73 Å². The van der Waals surface area contributed by atoms with E-state index in [4.69, 9.17) is 10.2 Å². The van der Waals surface area contributed by atoms with Crippen LogP contribution in [0.25, 0.3) is 11.6 Å². The maximum Gasteiger partial charge on any atom is 0.264 e. The third-order valence-corrected chi connectivity index (χ3v) is 2.00. The lowest BCUT2D eigenvalue weighted by Crippen LogP contribution is -1.95. The first kappa shape index (κ1) is 8.96. The molecular formula is C9H12N4O. The molecule has 5 heteroatoms. The van der Waals surface area contributed by atoms with Crippen LogP contribution in [0.1, 0.15) is 17.1 Å². The van der Waals surface area contributed by atoms with Gasteiger partial charge < -0.3 is 15.1 Å². The largest absolute Gasteiger partial charge is 0.418 e. The molecule has 2 rings (SSSR count). The molecule has 0 unspecified atom stereocenters. The van der Waals surface area contributed by atoms with Crippen LogP contribution in [0.2, 0.25) is 0 Å². The maximum absolute atomic E-state index is 5.38. The van der Waals surface area contributed by atoms with Gasteiger partial charge in [0.15, 0.2) is 0 Å². The van der Waals surface area contributed by atoms with Gasteiger partial charge in [-0.1, -0.05) is 0 Å². The summed E-state index contributed by atoms with van der Waals surface area (Å²) >= 11 is 0. The Labute approximate surface area is 81.3 Å². The summed E-state index contributed by atoms with van der Waals surface area (Å²) in [5.74, 6) is 0.947. The molecule has 0 aliphatic rings. The summed E-state index contributed by atoms with van der Waals surface area (Å²) in [6.45, 7) is 4.24. The summed E-state index contributed by atoms with van der Waals surface area (Å²) in [6.07, 6.45) is 0. The van der Waals surface area contributed by atoms with Crippen molar-refractivity contribution in [2.45, 2.75) is 20.4 Å². The molecule has 2 aromatic rings. The molecule has 2 heterocycles. The van der Waals surface area contributed by atoms with E-state index in [0.29, 0.717) is 11.8 Å². The van der Waals surface area contributed by atoms with Crippen LogP contribution >= 0.6 is 0 Å². The zero-order chi connectivity index (χ0) is 10.1. The van der Waals surface area contributed by atoms with Crippen molar-refractivity contribution in [3.63, 3.8) is 0 Å². The maximum atomic E-state index is 5.38. The summed E-state index contributed by atoms with van der Waals surface area (Å²) in [7, 11) is 0. The first-order valence-corrected chi connectivity index (χ1v) is 4.39. The van der Waals surface area contributed by atoms with Crippen molar-refractivity contribution in [2.24, 2.45) is 5.73 Å². The van der Waals surface area contributed by atoms with E-state index in [2.05, 4.69) is 15.2 Å². The average molecular weight is 192 g/mol. The van der Waals surface area contributed by atoms with Gasteiger partial charge in [0, 0.05) is 5.69 Å². The molecule has 5 nitrogen and oxygen atoms in total. The highest BCUT2D eigenvalue weighted by molar-refractivity contribution is 5.53. The molecule has 0 aromatic carbocycles. The second kappa shape index (κ2) is 3.26. The molecule has 0 fully saturated rings. The summed E-state index contributed by atoms with van der Waals surface area (Å²) in [6, 6.07) is 2.03. The van der Waals surface area contributed by atoms with Gasteiger partial charge in [-0.3, -0.25) is 0 Å². The highest BCUT2D eigenvalue weighted by Crippen LogP contribution is 2.21. The third kappa shape index (κ3) is 1.42. The predicted octanol–water partition coefficient (Wildman–Crippen LogP) is 1.14. The molecular weight excluding hydrogens is 180 g/mol. The number of nitrogens with zero attached hydrogens (tertiary/aromatic N) is 2. The van der Waals surface area contributed by atoms with Crippen molar-refractivity contribution in [2.75, 3.05) is 0 Å². The van der Waals surface area contributed by atoms with Gasteiger partial charge >= 0.3 is 0 Å². The molecule has 3 N–H and O–H groups in total. The topological polar surface area (TPSA) is 80.7 Å². The van der Waals surface area contributed by atoms with E-state index in [1.807, 2.05) is 19.9 Å². The highest BCUT2D eigenvalue weighted by atomic mass is 16.4. The molecule has 14 heavy (non-hydrogen) atoms. The normalized spacial score (nSPS) is 10.8. The summed E-state index contributed by atoms with van der Waals surface area (Å²) < 4.78 is 5.33. The monoisotopic (exact) mass is 192 g/mol. The summed E-state index contributed by atoms with van der Waals surface area (Å²) in [5, 5.41) is 7.70. The van der Waals surface area contributed by atoms with Gasteiger partial charge in [-0.25, -0.2) is 0 Å². The number of rotatable bonds is 2. The molecule has 0 aliphatic carbocycles. The standard InChI is InChI=1S/C9H12N4O/c1-5-3-6(2)11-8(5)9-13-12-7(4-10)14-9/h3,11H,4,10H2,1-2H3. The Bertz CT molecular complexity index is 443. The van der Waals surface area contributed by atoms with Crippen LogP contribution in [-0.4, -0.2) is 15.2 Å². The Hall–Kier alpha value is -1.62. The van der Waals surface area contributed by atoms with Crippen molar-refractivity contribution in [3.8, 4) is 11.6 Å². The number of H-pyrrole nitrogens is 1. The van der Waals surface area contributed by atoms with Crippen molar-refractivity contribution >= 4 is 0 Å². The molecule has 0 saturated carbocycles. The van der Waals surface area contributed by atoms with Crippen LogP contribution in [0.4, 0.5) is 0 Å². The molecule has 0 amide bonds. The molecule has 0 bridgehead atoms. The first-order chi connectivity index (χ1) is 6.70. The molecule has 0 atom stereocenters. The fourth-order valence-corrected chi connectivity index (χ4v) is 1.39. The SMILES string of the molecule is Cc1cc(C)c(-c2nnc(CN)o2)[nH]1. The lowest BCUT2D eigenvalue weighted by molar-refractivity contribution is 0.507. The van der Waals surface area contributed by atoms with E-state index < -0.39 is 0 Å². The Kier molecular flexibility index (Phi) is 2.09. The number of aryl methyl sites for hydroxylation is 2. The minimum Gasteiger partial charge on any atom is -0.418 e. The highest BCUT2D eigenvalue weighted by Gasteiger charge is 2.11. The van der Waals surface area contributed by atoms with Crippen LogP contribution in [-0.2, 0) is 6.54 Å². The molecule has 2 aromatic heterocycles. The minimum absolute atomic E-state index is 0.270. The lowest BCUT2D eigenvalue weighted by Gasteiger charge is -1.91. The Balaban J connectivity index is 2.43. The van der Waals surface area contributed by atoms with Gasteiger partial charge in [0.2, 0.25) is 5.89 Å². The zero-order valence-corrected chi connectivity index (χ0v) is 8.16. The number of hydrogen-bond donors (Lipinski definition) is 2. The van der Waals surface area contributed by atoms with Crippen molar-refractivity contribution in [1.82, 2.24) is 15.2 Å². The molecule has 0 spiro atoms. The van der Waals surface area contributed by atoms with Crippen LogP contribution in [0.5, 0.6) is 0 Å². The summed E-state index contributed by atoms with van der Waals surface area (Å²) in [4.78, 5) is 3.16. The number of aromatic nitrogens is 3. The van der Waals surface area contributed by atoms with E-state index in [1.54, 1.807) is 0 Å². The van der Waals surface area contributed by atoms with Gasteiger partial charge in [-0.15, -0.1) is 10.2 Å². The van der Waals surface area contributed by atoms with Crippen LogP contribution in [0.15, 0.2) is 10.5 Å². The van der Waals surface area contributed by atoms with Crippen molar-refractivity contribution in [3.05, 3.63) is 23.2 Å². The number of aromatic amines is 1. The van der Waals surface area contributed by atoms with E-state index in [9.17, 15) is 0 Å². The van der Waals surface area contributed by atoms with Crippen LogP contribution in [0.3, 0.4) is 0 Å². The van der Waals surface area contributed by atoms with E-state index in [-0.39, 0.29) is 6.54 Å². The van der Waals surface area contributed by atoms with Gasteiger partial charge in [0.1, 0.15) is 5.69 Å². The van der Waals surface area contributed by atoms with Crippen LogP contribution in [0, 0.1) is 13.8 Å². The lowest BCUT2D eigenvalue weighted by atomic mass is 10.2. The number of nitrogens with one attached hydrogen (secondary N) is 1. The van der Waals surface area contributed by atoms with Crippen molar-refractivity contribution < 1.29 is 4.42 Å². The first-order valence-electron chi connectivity index (χ1n) is 4.39. The quantitative estimate of drug-likeness (QED) is 0.747. The smallest absolute Gasteiger partial charge is 0.264 e. The fourth-order valence-electron chi connectivity index (χ4n) is 1.39. The minimum atomic E-state index is 0.270. The van der Waals surface area contributed by atoms with E-state index in [0.717, 1.165) is 17.0 Å². The predicted molar refractivity (Wildman–Crippen MR) is 51.5 cm³/mol. The summed E-state index contributed by atoms with van der Waals surface area (Å²) in [5.41, 5.74) is 8.41. The Morgan fingerprint density at radius 3 is 2.71 bits per heavy atom. The number of hydrogen-bond acceptors (Lipinski definition) is 4. The average Bonchev–Trinajstić information content (AvgIpc) is 2.71.